The van der Waals surface area contributed by atoms with E-state index in [2.05, 4.69) is 23.7 Å². The van der Waals surface area contributed by atoms with Gasteiger partial charge in [-0.1, -0.05) is 11.6 Å². The lowest BCUT2D eigenvalue weighted by Gasteiger charge is -2.16. The van der Waals surface area contributed by atoms with Crippen LogP contribution in [0.1, 0.15) is 60.5 Å². The van der Waals surface area contributed by atoms with Gasteiger partial charge in [0.15, 0.2) is 5.69 Å². The highest BCUT2D eigenvalue weighted by molar-refractivity contribution is 6.31. The second-order valence-corrected chi connectivity index (χ2v) is 8.24. The maximum Gasteiger partial charge on any atom is 0.276 e. The van der Waals surface area contributed by atoms with E-state index < -0.39 is 0 Å². The quantitative estimate of drug-likeness (QED) is 0.542. The third-order valence-corrected chi connectivity index (χ3v) is 5.57. The molecule has 1 amide bonds. The smallest absolute Gasteiger partial charge is 0.276 e. The number of nitrogens with one attached hydrogen (secondary N) is 1. The maximum absolute atomic E-state index is 13.5. The van der Waals surface area contributed by atoms with Gasteiger partial charge in [-0.15, -0.1) is 0 Å². The molecule has 0 radical (unpaired) electrons. The highest BCUT2D eigenvalue weighted by Crippen LogP contribution is 2.43. The first-order valence-electron chi connectivity index (χ1n) is 9.97. The minimum absolute atomic E-state index is 0.0891. The molecule has 0 atom stereocenters. The first kappa shape index (κ1) is 20.6. The van der Waals surface area contributed by atoms with E-state index in [-0.39, 0.29) is 24.4 Å². The number of anilines is 1. The van der Waals surface area contributed by atoms with Crippen LogP contribution in [0.15, 0.2) is 42.5 Å². The van der Waals surface area contributed by atoms with Gasteiger partial charge in [-0.25, -0.2) is 9.37 Å². The molecule has 0 unspecified atom stereocenters. The number of nitrogens with zero attached hydrogens (tertiary/aromatic N) is 2. The number of amides is 1. The zero-order valence-electron chi connectivity index (χ0n) is 16.8. The van der Waals surface area contributed by atoms with Crippen LogP contribution in [0.25, 0.3) is 11.3 Å². The summed E-state index contributed by atoms with van der Waals surface area (Å²) in [5.74, 6) is 0.536. The second kappa shape index (κ2) is 8.20. The van der Waals surface area contributed by atoms with Gasteiger partial charge in [-0.05, 0) is 74.7 Å². The van der Waals surface area contributed by atoms with Gasteiger partial charge < -0.3 is 15.0 Å². The van der Waals surface area contributed by atoms with Crippen molar-refractivity contribution < 1.29 is 14.3 Å². The molecule has 1 heterocycles. The van der Waals surface area contributed by atoms with Gasteiger partial charge in [0.25, 0.3) is 5.91 Å². The summed E-state index contributed by atoms with van der Waals surface area (Å²) in [5, 5.41) is 12.7. The number of imidazole rings is 1. The topological polar surface area (TPSA) is 67.2 Å². The molecule has 5 nitrogen and oxygen atoms in total. The number of aliphatic hydroxyl groups is 1. The van der Waals surface area contributed by atoms with E-state index in [1.54, 1.807) is 30.3 Å². The molecule has 156 valence electrons. The Morgan fingerprint density at radius 1 is 1.27 bits per heavy atom. The molecule has 0 spiro atoms. The van der Waals surface area contributed by atoms with Crippen molar-refractivity contribution in [3.05, 3.63) is 70.4 Å². The van der Waals surface area contributed by atoms with Crippen LogP contribution in [0.2, 0.25) is 5.02 Å². The summed E-state index contributed by atoms with van der Waals surface area (Å²) in [4.78, 5) is 18.0. The van der Waals surface area contributed by atoms with Crippen molar-refractivity contribution in [1.82, 2.24) is 9.55 Å². The number of carbonyl (C=O) groups excluding carboxylic acids is 1. The summed E-state index contributed by atoms with van der Waals surface area (Å²) in [6.45, 7) is 3.88. The minimum atomic E-state index is -0.359. The summed E-state index contributed by atoms with van der Waals surface area (Å²) in [6.07, 6.45) is 2.09. The fraction of sp³-hybridized carbons (Fsp3) is 0.304. The van der Waals surface area contributed by atoms with E-state index in [0.717, 1.165) is 24.2 Å². The van der Waals surface area contributed by atoms with Gasteiger partial charge in [-0.2, -0.15) is 0 Å². The Labute approximate surface area is 179 Å². The van der Waals surface area contributed by atoms with Crippen LogP contribution in [0.5, 0.6) is 0 Å². The number of carbonyl (C=O) groups is 1. The van der Waals surface area contributed by atoms with Gasteiger partial charge in [0.1, 0.15) is 11.6 Å². The molecule has 1 fully saturated rings. The van der Waals surface area contributed by atoms with Gasteiger partial charge in [0, 0.05) is 28.2 Å². The molecule has 3 aromatic rings. The van der Waals surface area contributed by atoms with Crippen LogP contribution in [0.4, 0.5) is 10.1 Å². The van der Waals surface area contributed by atoms with E-state index >= 15 is 0 Å². The van der Waals surface area contributed by atoms with Gasteiger partial charge in [-0.3, -0.25) is 4.79 Å². The molecule has 2 aromatic carbocycles. The average molecular weight is 428 g/mol. The molecule has 2 N–H and O–H groups in total. The molecule has 1 saturated carbocycles. The fourth-order valence-corrected chi connectivity index (χ4v) is 3.79. The largest absolute Gasteiger partial charge is 0.392 e. The molecular formula is C23H23ClFN3O2. The Kier molecular flexibility index (Phi) is 5.62. The number of halogens is 2. The van der Waals surface area contributed by atoms with Gasteiger partial charge in [0.2, 0.25) is 0 Å². The highest BCUT2D eigenvalue weighted by atomic mass is 35.5. The Hall–Kier alpha value is -2.70. The molecule has 4 rings (SSSR count). The standard InChI is InChI=1S/C23H23ClFN3O2/c1-13(2)28-21(14-5-7-17(25)8-6-14)20(27-22(28)15-3-4-15)23(30)26-18-9-10-19(24)16(11-18)12-29/h5-11,13,15,29H,3-4,12H2,1-2H3,(H,26,30). The maximum atomic E-state index is 13.5. The number of benzene rings is 2. The summed E-state index contributed by atoms with van der Waals surface area (Å²) in [6, 6.07) is 11.2. The van der Waals surface area contributed by atoms with Crippen molar-refractivity contribution in [1.29, 1.82) is 0 Å². The number of aromatic nitrogens is 2. The monoisotopic (exact) mass is 427 g/mol. The van der Waals surface area contributed by atoms with E-state index in [1.807, 2.05) is 0 Å². The van der Waals surface area contributed by atoms with Crippen LogP contribution >= 0.6 is 11.6 Å². The number of rotatable bonds is 6. The molecule has 1 aliphatic carbocycles. The Morgan fingerprint density at radius 2 is 1.97 bits per heavy atom. The third-order valence-electron chi connectivity index (χ3n) is 5.20. The van der Waals surface area contributed by atoms with E-state index in [9.17, 15) is 14.3 Å². The summed E-state index contributed by atoms with van der Waals surface area (Å²) < 4.78 is 15.6. The number of aliphatic hydroxyl groups excluding tert-OH is 1. The predicted octanol–water partition coefficient (Wildman–Crippen LogP) is 5.55. The second-order valence-electron chi connectivity index (χ2n) is 7.83. The summed E-state index contributed by atoms with van der Waals surface area (Å²) >= 11 is 6.05. The zero-order valence-corrected chi connectivity index (χ0v) is 17.6. The molecule has 0 bridgehead atoms. The third kappa shape index (κ3) is 3.98. The first-order valence-corrected chi connectivity index (χ1v) is 10.4. The lowest BCUT2D eigenvalue weighted by molar-refractivity contribution is 0.102. The predicted molar refractivity (Wildman–Crippen MR) is 115 cm³/mol. The highest BCUT2D eigenvalue weighted by Gasteiger charge is 2.34. The van der Waals surface area contributed by atoms with Crippen molar-refractivity contribution >= 4 is 23.2 Å². The van der Waals surface area contributed by atoms with Crippen molar-refractivity contribution in [2.45, 2.75) is 45.3 Å². The van der Waals surface area contributed by atoms with Crippen LogP contribution < -0.4 is 5.32 Å². The van der Waals surface area contributed by atoms with Crippen LogP contribution in [0, 0.1) is 5.82 Å². The van der Waals surface area contributed by atoms with Crippen LogP contribution in [-0.2, 0) is 6.61 Å². The van der Waals surface area contributed by atoms with Crippen molar-refractivity contribution in [3.8, 4) is 11.3 Å². The van der Waals surface area contributed by atoms with E-state index in [1.165, 1.54) is 12.1 Å². The lowest BCUT2D eigenvalue weighted by Crippen LogP contribution is -2.15. The Bertz CT molecular complexity index is 1090. The average Bonchev–Trinajstić information content (AvgIpc) is 3.49. The van der Waals surface area contributed by atoms with Crippen molar-refractivity contribution in [2.24, 2.45) is 0 Å². The van der Waals surface area contributed by atoms with Crippen molar-refractivity contribution in [3.63, 3.8) is 0 Å². The molecule has 0 aliphatic heterocycles. The lowest BCUT2D eigenvalue weighted by atomic mass is 10.1. The van der Waals surface area contributed by atoms with Crippen LogP contribution in [0.3, 0.4) is 0 Å². The van der Waals surface area contributed by atoms with Gasteiger partial charge >= 0.3 is 0 Å². The SMILES string of the molecule is CC(C)n1c(C2CC2)nc(C(=O)Nc2ccc(Cl)c(CO)c2)c1-c1ccc(F)cc1. The van der Waals surface area contributed by atoms with E-state index in [4.69, 9.17) is 16.6 Å². The Balaban J connectivity index is 1.79. The summed E-state index contributed by atoms with van der Waals surface area (Å²) in [5.41, 5.74) is 2.77. The molecule has 7 heteroatoms. The molecule has 1 aliphatic rings. The number of hydrogen-bond donors (Lipinski definition) is 2. The fourth-order valence-electron chi connectivity index (χ4n) is 3.61. The minimum Gasteiger partial charge on any atom is -0.392 e. The first-order chi connectivity index (χ1) is 14.4. The van der Waals surface area contributed by atoms with Crippen LogP contribution in [-0.4, -0.2) is 20.6 Å². The molecule has 0 saturated heterocycles. The summed E-state index contributed by atoms with van der Waals surface area (Å²) in [7, 11) is 0. The number of hydrogen-bond acceptors (Lipinski definition) is 3. The van der Waals surface area contributed by atoms with Gasteiger partial charge in [0.05, 0.1) is 12.3 Å². The van der Waals surface area contributed by atoms with Crippen molar-refractivity contribution in [2.75, 3.05) is 5.32 Å². The molecular weight excluding hydrogens is 405 g/mol. The molecule has 30 heavy (non-hydrogen) atoms. The molecule has 1 aromatic heterocycles. The zero-order chi connectivity index (χ0) is 21.4. The Morgan fingerprint density at radius 3 is 2.57 bits per heavy atom. The normalized spacial score (nSPS) is 13.7. The van der Waals surface area contributed by atoms with E-state index in [0.29, 0.717) is 33.6 Å².